The van der Waals surface area contributed by atoms with Crippen LogP contribution >= 0.6 is 24.8 Å². The fourth-order valence-electron chi connectivity index (χ4n) is 6.42. The number of rotatable bonds is 5. The SMILES string of the molecule is CCCC1(CCC)CCC2(CCN(C)C2N2CCCCC2)CC1.Cl.Cl. The van der Waals surface area contributed by atoms with Gasteiger partial charge < -0.3 is 0 Å². The molecule has 3 fully saturated rings. The van der Waals surface area contributed by atoms with E-state index >= 15 is 0 Å². The minimum absolute atomic E-state index is 0. The maximum atomic E-state index is 2.86. The molecular weight excluding hydrogens is 351 g/mol. The van der Waals surface area contributed by atoms with Crippen molar-refractivity contribution in [2.24, 2.45) is 10.8 Å². The van der Waals surface area contributed by atoms with E-state index in [1.807, 2.05) is 0 Å². The van der Waals surface area contributed by atoms with Gasteiger partial charge in [-0.15, -0.1) is 24.8 Å². The van der Waals surface area contributed by atoms with Crippen molar-refractivity contribution in [2.45, 2.75) is 97.1 Å². The third kappa shape index (κ3) is 4.86. The predicted molar refractivity (Wildman–Crippen MR) is 114 cm³/mol. The van der Waals surface area contributed by atoms with Gasteiger partial charge in [0.1, 0.15) is 0 Å². The van der Waals surface area contributed by atoms with Gasteiger partial charge in [0.15, 0.2) is 0 Å². The number of likely N-dealkylation sites (tertiary alicyclic amines) is 2. The average Bonchev–Trinajstić information content (AvgIpc) is 2.89. The molecule has 1 unspecified atom stereocenters. The van der Waals surface area contributed by atoms with Crippen molar-refractivity contribution >= 4 is 24.8 Å². The maximum absolute atomic E-state index is 2.86. The quantitative estimate of drug-likeness (QED) is 0.555. The lowest BCUT2D eigenvalue weighted by molar-refractivity contribution is -0.0433. The topological polar surface area (TPSA) is 6.48 Å². The van der Waals surface area contributed by atoms with Crippen molar-refractivity contribution in [2.75, 3.05) is 26.7 Å². The Kier molecular flexibility index (Phi) is 9.56. The van der Waals surface area contributed by atoms with Gasteiger partial charge in [0.05, 0.1) is 6.17 Å². The Morgan fingerprint density at radius 2 is 1.32 bits per heavy atom. The van der Waals surface area contributed by atoms with Crippen LogP contribution in [0.4, 0.5) is 0 Å². The Bertz CT molecular complexity index is 366. The van der Waals surface area contributed by atoms with E-state index in [0.29, 0.717) is 10.8 Å². The first kappa shape index (κ1) is 23.5. The second kappa shape index (κ2) is 10.2. The van der Waals surface area contributed by atoms with Crippen LogP contribution in [0.3, 0.4) is 0 Å². The van der Waals surface area contributed by atoms with Gasteiger partial charge in [-0.05, 0) is 89.9 Å². The molecule has 1 atom stereocenters. The molecule has 150 valence electrons. The van der Waals surface area contributed by atoms with E-state index in [9.17, 15) is 0 Å². The molecule has 4 heteroatoms. The number of hydrogen-bond acceptors (Lipinski definition) is 2. The lowest BCUT2D eigenvalue weighted by Gasteiger charge is -2.51. The van der Waals surface area contributed by atoms with Crippen molar-refractivity contribution in [3.05, 3.63) is 0 Å². The molecule has 2 saturated heterocycles. The molecule has 2 nitrogen and oxygen atoms in total. The maximum Gasteiger partial charge on any atom is 0.0678 e. The molecular formula is C21H42Cl2N2. The predicted octanol–water partition coefficient (Wildman–Crippen LogP) is 6.12. The van der Waals surface area contributed by atoms with Crippen LogP contribution in [0.1, 0.15) is 90.9 Å². The Balaban J connectivity index is 0.00000156. The summed E-state index contributed by atoms with van der Waals surface area (Å²) < 4.78 is 0. The summed E-state index contributed by atoms with van der Waals surface area (Å²) in [4.78, 5) is 5.57. The summed E-state index contributed by atoms with van der Waals surface area (Å²) in [5, 5.41) is 0. The van der Waals surface area contributed by atoms with Crippen LogP contribution in [0.2, 0.25) is 0 Å². The summed E-state index contributed by atoms with van der Waals surface area (Å²) in [5.74, 6) is 0. The highest BCUT2D eigenvalue weighted by Gasteiger charge is 2.52. The first-order chi connectivity index (χ1) is 11.1. The zero-order chi connectivity index (χ0) is 16.3. The van der Waals surface area contributed by atoms with Gasteiger partial charge in [0.2, 0.25) is 0 Å². The van der Waals surface area contributed by atoms with Crippen LogP contribution in [-0.4, -0.2) is 42.6 Å². The van der Waals surface area contributed by atoms with Gasteiger partial charge in [-0.25, -0.2) is 0 Å². The van der Waals surface area contributed by atoms with Crippen LogP contribution in [-0.2, 0) is 0 Å². The first-order valence-electron chi connectivity index (χ1n) is 10.6. The van der Waals surface area contributed by atoms with E-state index < -0.39 is 0 Å². The molecule has 2 aliphatic heterocycles. The summed E-state index contributed by atoms with van der Waals surface area (Å²) in [6.45, 7) is 8.82. The van der Waals surface area contributed by atoms with E-state index in [4.69, 9.17) is 0 Å². The molecule has 3 rings (SSSR count). The molecule has 0 radical (unpaired) electrons. The van der Waals surface area contributed by atoms with Crippen molar-refractivity contribution in [1.82, 2.24) is 9.80 Å². The van der Waals surface area contributed by atoms with Crippen molar-refractivity contribution < 1.29 is 0 Å². The van der Waals surface area contributed by atoms with Gasteiger partial charge in [-0.2, -0.15) is 0 Å². The summed E-state index contributed by atoms with van der Waals surface area (Å²) in [7, 11) is 2.40. The van der Waals surface area contributed by atoms with E-state index in [1.54, 1.807) is 0 Å². The largest absolute Gasteiger partial charge is 0.290 e. The third-order valence-electron chi connectivity index (χ3n) is 7.53. The number of nitrogens with zero attached hydrogens (tertiary/aromatic N) is 2. The molecule has 0 amide bonds. The molecule has 0 aromatic carbocycles. The molecule has 1 aliphatic carbocycles. The molecule has 25 heavy (non-hydrogen) atoms. The fraction of sp³-hybridized carbons (Fsp3) is 1.00. The van der Waals surface area contributed by atoms with Gasteiger partial charge in [0.25, 0.3) is 0 Å². The molecule has 1 spiro atoms. The van der Waals surface area contributed by atoms with Crippen LogP contribution in [0, 0.1) is 10.8 Å². The minimum Gasteiger partial charge on any atom is -0.290 e. The highest BCUT2D eigenvalue weighted by atomic mass is 35.5. The molecule has 2 heterocycles. The number of halogens is 2. The van der Waals surface area contributed by atoms with Crippen LogP contribution in [0.25, 0.3) is 0 Å². The van der Waals surface area contributed by atoms with Gasteiger partial charge in [-0.1, -0.05) is 33.1 Å². The summed E-state index contributed by atoms with van der Waals surface area (Å²) in [6.07, 6.45) is 18.2. The molecule has 3 aliphatic rings. The standard InChI is InChI=1S/C21H40N2.2ClH/c1-4-9-20(10-5-2)11-13-21(14-12-20)15-18-22(3)19(21)23-16-7-6-8-17-23;;/h19H,4-18H2,1-3H3;2*1H. The summed E-state index contributed by atoms with van der Waals surface area (Å²) >= 11 is 0. The van der Waals surface area contributed by atoms with Gasteiger partial charge in [0, 0.05) is 5.41 Å². The Hall–Kier alpha value is 0.500. The van der Waals surface area contributed by atoms with E-state index in [2.05, 4.69) is 30.7 Å². The smallest absolute Gasteiger partial charge is 0.0678 e. The van der Waals surface area contributed by atoms with Crippen molar-refractivity contribution in [3.63, 3.8) is 0 Å². The minimum atomic E-state index is 0. The molecule has 1 saturated carbocycles. The van der Waals surface area contributed by atoms with Crippen molar-refractivity contribution in [3.8, 4) is 0 Å². The summed E-state index contributed by atoms with van der Waals surface area (Å²) in [6, 6.07) is 0. The second-order valence-corrected chi connectivity index (χ2v) is 9.06. The highest BCUT2D eigenvalue weighted by Crippen LogP contribution is 2.56. The van der Waals surface area contributed by atoms with Crippen molar-refractivity contribution in [1.29, 1.82) is 0 Å². The van der Waals surface area contributed by atoms with Crippen LogP contribution in [0.15, 0.2) is 0 Å². The lowest BCUT2D eigenvalue weighted by Crippen LogP contribution is -2.54. The Morgan fingerprint density at radius 1 is 0.760 bits per heavy atom. The molecule has 0 aromatic rings. The van der Waals surface area contributed by atoms with E-state index in [1.165, 1.54) is 96.7 Å². The third-order valence-corrected chi connectivity index (χ3v) is 7.53. The Labute approximate surface area is 169 Å². The molecule has 0 N–H and O–H groups in total. The normalized spacial score (nSPS) is 29.2. The number of hydrogen-bond donors (Lipinski definition) is 0. The van der Waals surface area contributed by atoms with E-state index in [-0.39, 0.29) is 24.8 Å². The zero-order valence-corrected chi connectivity index (χ0v) is 18.5. The monoisotopic (exact) mass is 392 g/mol. The second-order valence-electron chi connectivity index (χ2n) is 9.06. The lowest BCUT2D eigenvalue weighted by atomic mass is 9.59. The zero-order valence-electron chi connectivity index (χ0n) is 16.9. The first-order valence-corrected chi connectivity index (χ1v) is 10.6. The van der Waals surface area contributed by atoms with Crippen LogP contribution in [0.5, 0.6) is 0 Å². The fourth-order valence-corrected chi connectivity index (χ4v) is 6.42. The van der Waals surface area contributed by atoms with Gasteiger partial charge >= 0.3 is 0 Å². The molecule has 0 bridgehead atoms. The van der Waals surface area contributed by atoms with Gasteiger partial charge in [-0.3, -0.25) is 9.80 Å². The number of piperidine rings is 1. The average molecular weight is 393 g/mol. The van der Waals surface area contributed by atoms with Crippen LogP contribution < -0.4 is 0 Å². The molecule has 0 aromatic heterocycles. The highest BCUT2D eigenvalue weighted by molar-refractivity contribution is 5.85. The Morgan fingerprint density at radius 3 is 1.84 bits per heavy atom. The van der Waals surface area contributed by atoms with E-state index in [0.717, 1.165) is 6.17 Å². The summed E-state index contributed by atoms with van der Waals surface area (Å²) in [5.41, 5.74) is 1.32.